The number of hydrogen-bond donors (Lipinski definition) is 0. The number of unbranched alkanes of at least 4 members (excludes halogenated alkanes) is 1. The summed E-state index contributed by atoms with van der Waals surface area (Å²) in [5, 5.41) is 0. The molecule has 0 aliphatic carbocycles. The Balaban J connectivity index is 0.00000117. The molecule has 0 aromatic heterocycles. The molecule has 1 fully saturated rings. The molecule has 1 heterocycles. The fourth-order valence-electron chi connectivity index (χ4n) is 2.83. The summed E-state index contributed by atoms with van der Waals surface area (Å²) in [4.78, 5) is 8.00. The van der Waals surface area contributed by atoms with Crippen LogP contribution in [0.4, 0.5) is 0 Å². The van der Waals surface area contributed by atoms with Crippen LogP contribution in [0.1, 0.15) is 43.6 Å². The first-order valence-corrected chi connectivity index (χ1v) is 9.11. The van der Waals surface area contributed by atoms with Gasteiger partial charge in [-0.1, -0.05) is 49.6 Å². The van der Waals surface area contributed by atoms with Gasteiger partial charge in [0.15, 0.2) is 6.29 Å². The molecule has 0 amide bonds. The number of rotatable bonds is 6. The molecule has 3 rings (SSSR count). The van der Waals surface area contributed by atoms with E-state index in [1.807, 2.05) is 55.3 Å². The van der Waals surface area contributed by atoms with Crippen LogP contribution in [-0.2, 0) is 14.3 Å². The van der Waals surface area contributed by atoms with E-state index in [4.69, 9.17) is 19.0 Å². The van der Waals surface area contributed by atoms with Gasteiger partial charge in [0.25, 0.3) is 0 Å². The zero-order valence-electron chi connectivity index (χ0n) is 15.6. The third-order valence-corrected chi connectivity index (χ3v) is 4.34. The summed E-state index contributed by atoms with van der Waals surface area (Å²) in [7, 11) is 0. The lowest BCUT2D eigenvalue weighted by Gasteiger charge is -2.29. The van der Waals surface area contributed by atoms with Crippen LogP contribution in [0.15, 0.2) is 48.5 Å². The molecular formula is C22H28O4. The summed E-state index contributed by atoms with van der Waals surface area (Å²) in [6.07, 6.45) is 3.40. The zero-order chi connectivity index (χ0) is 18.8. The number of carbonyl (C=O) groups is 1. The van der Waals surface area contributed by atoms with Crippen molar-refractivity contribution in [2.75, 3.05) is 13.2 Å². The van der Waals surface area contributed by atoms with Crippen LogP contribution >= 0.6 is 0 Å². The van der Waals surface area contributed by atoms with Gasteiger partial charge in [-0.25, -0.2) is 0 Å². The van der Waals surface area contributed by atoms with Crippen LogP contribution in [0, 0.1) is 12.8 Å². The van der Waals surface area contributed by atoms with Crippen molar-refractivity contribution in [1.29, 1.82) is 0 Å². The largest absolute Gasteiger partial charge is 0.457 e. The number of ether oxygens (including phenoxy) is 3. The Bertz CT molecular complexity index is 628. The van der Waals surface area contributed by atoms with E-state index in [0.717, 1.165) is 30.3 Å². The van der Waals surface area contributed by atoms with Crippen LogP contribution in [0.2, 0.25) is 0 Å². The van der Waals surface area contributed by atoms with Gasteiger partial charge in [0.2, 0.25) is 0 Å². The van der Waals surface area contributed by atoms with Crippen molar-refractivity contribution >= 4 is 6.79 Å². The summed E-state index contributed by atoms with van der Waals surface area (Å²) >= 11 is 0. The second kappa shape index (κ2) is 10.7. The SMILES string of the molecule is C=O.CCCCC1COC(c2ccc(Oc3ccc(C)cc3)cc2)OC1. The van der Waals surface area contributed by atoms with Gasteiger partial charge in [0.1, 0.15) is 18.3 Å². The fraction of sp³-hybridized carbons (Fsp3) is 0.409. The highest BCUT2D eigenvalue weighted by Gasteiger charge is 2.23. The van der Waals surface area contributed by atoms with E-state index in [1.54, 1.807) is 0 Å². The Hall–Kier alpha value is -2.17. The van der Waals surface area contributed by atoms with E-state index in [-0.39, 0.29) is 6.29 Å². The third-order valence-electron chi connectivity index (χ3n) is 4.34. The maximum absolute atomic E-state index is 8.00. The maximum atomic E-state index is 8.00. The lowest BCUT2D eigenvalue weighted by molar-refractivity contribution is -0.206. The lowest BCUT2D eigenvalue weighted by atomic mass is 10.0. The Morgan fingerprint density at radius 2 is 1.50 bits per heavy atom. The summed E-state index contributed by atoms with van der Waals surface area (Å²) in [5.74, 6) is 2.20. The Morgan fingerprint density at radius 1 is 0.962 bits per heavy atom. The summed E-state index contributed by atoms with van der Waals surface area (Å²) < 4.78 is 17.6. The van der Waals surface area contributed by atoms with Crippen LogP contribution in [0.25, 0.3) is 0 Å². The second-order valence-electron chi connectivity index (χ2n) is 6.49. The topological polar surface area (TPSA) is 44.8 Å². The molecule has 0 bridgehead atoms. The molecular weight excluding hydrogens is 328 g/mol. The number of carbonyl (C=O) groups excluding carboxylic acids is 1. The van der Waals surface area contributed by atoms with Gasteiger partial charge < -0.3 is 19.0 Å². The zero-order valence-corrected chi connectivity index (χ0v) is 15.6. The van der Waals surface area contributed by atoms with E-state index < -0.39 is 0 Å². The first-order valence-electron chi connectivity index (χ1n) is 9.11. The highest BCUT2D eigenvalue weighted by atomic mass is 16.7. The Morgan fingerprint density at radius 3 is 2.04 bits per heavy atom. The summed E-state index contributed by atoms with van der Waals surface area (Å²) in [5.41, 5.74) is 2.27. The monoisotopic (exact) mass is 356 g/mol. The van der Waals surface area contributed by atoms with Crippen molar-refractivity contribution in [2.45, 2.75) is 39.4 Å². The summed E-state index contributed by atoms with van der Waals surface area (Å²) in [6, 6.07) is 16.0. The molecule has 0 atom stereocenters. The molecule has 1 saturated heterocycles. The Kier molecular flexibility index (Phi) is 8.32. The first kappa shape index (κ1) is 20.1. The average molecular weight is 356 g/mol. The van der Waals surface area contributed by atoms with E-state index in [9.17, 15) is 0 Å². The van der Waals surface area contributed by atoms with E-state index in [0.29, 0.717) is 5.92 Å². The van der Waals surface area contributed by atoms with Crippen LogP contribution in [-0.4, -0.2) is 20.0 Å². The van der Waals surface area contributed by atoms with Gasteiger partial charge in [-0.15, -0.1) is 0 Å². The summed E-state index contributed by atoms with van der Waals surface area (Å²) in [6.45, 7) is 7.85. The van der Waals surface area contributed by atoms with Crippen molar-refractivity contribution in [3.63, 3.8) is 0 Å². The molecule has 0 N–H and O–H groups in total. The predicted molar refractivity (Wildman–Crippen MR) is 102 cm³/mol. The van der Waals surface area contributed by atoms with Crippen molar-refractivity contribution in [3.8, 4) is 11.5 Å². The molecule has 4 nitrogen and oxygen atoms in total. The predicted octanol–water partition coefficient (Wildman–Crippen LogP) is 5.45. The van der Waals surface area contributed by atoms with Gasteiger partial charge in [-0.3, -0.25) is 0 Å². The molecule has 1 aliphatic heterocycles. The quantitative estimate of drug-likeness (QED) is 0.690. The van der Waals surface area contributed by atoms with Crippen LogP contribution in [0.3, 0.4) is 0 Å². The molecule has 0 unspecified atom stereocenters. The van der Waals surface area contributed by atoms with Gasteiger partial charge in [-0.05, 0) is 37.6 Å². The van der Waals surface area contributed by atoms with Crippen molar-refractivity contribution < 1.29 is 19.0 Å². The molecule has 0 radical (unpaired) electrons. The Labute approximate surface area is 156 Å². The average Bonchev–Trinajstić information content (AvgIpc) is 2.71. The van der Waals surface area contributed by atoms with Crippen LogP contribution in [0.5, 0.6) is 11.5 Å². The smallest absolute Gasteiger partial charge is 0.183 e. The first-order chi connectivity index (χ1) is 12.7. The molecule has 2 aromatic rings. The van der Waals surface area contributed by atoms with Gasteiger partial charge in [0, 0.05) is 11.5 Å². The van der Waals surface area contributed by atoms with Gasteiger partial charge >= 0.3 is 0 Å². The normalized spacial score (nSPS) is 19.3. The molecule has 0 spiro atoms. The van der Waals surface area contributed by atoms with E-state index in [1.165, 1.54) is 24.8 Å². The molecule has 2 aromatic carbocycles. The van der Waals surface area contributed by atoms with Crippen molar-refractivity contribution in [2.24, 2.45) is 5.92 Å². The maximum Gasteiger partial charge on any atom is 0.183 e. The highest BCUT2D eigenvalue weighted by molar-refractivity contribution is 5.34. The molecule has 140 valence electrons. The third kappa shape index (κ3) is 5.97. The minimum Gasteiger partial charge on any atom is -0.457 e. The molecule has 0 saturated carbocycles. The van der Waals surface area contributed by atoms with Crippen molar-refractivity contribution in [3.05, 3.63) is 59.7 Å². The minimum atomic E-state index is -0.253. The second-order valence-corrected chi connectivity index (χ2v) is 6.49. The number of benzene rings is 2. The number of aryl methyl sites for hydroxylation is 1. The van der Waals surface area contributed by atoms with Gasteiger partial charge in [0.05, 0.1) is 13.2 Å². The fourth-order valence-corrected chi connectivity index (χ4v) is 2.83. The van der Waals surface area contributed by atoms with E-state index >= 15 is 0 Å². The molecule has 1 aliphatic rings. The van der Waals surface area contributed by atoms with E-state index in [2.05, 4.69) is 13.8 Å². The van der Waals surface area contributed by atoms with Crippen LogP contribution < -0.4 is 4.74 Å². The van der Waals surface area contributed by atoms with Gasteiger partial charge in [-0.2, -0.15) is 0 Å². The minimum absolute atomic E-state index is 0.253. The lowest BCUT2D eigenvalue weighted by Crippen LogP contribution is -2.27. The highest BCUT2D eigenvalue weighted by Crippen LogP contribution is 2.29. The standard InChI is InChI=1S/C21H26O3.CH2O/c1-3-4-5-17-14-22-21(23-15-17)18-8-12-20(13-9-18)24-19-10-6-16(2)7-11-19;1-2/h6-13,17,21H,3-5,14-15H2,1-2H3;1H2. The van der Waals surface area contributed by atoms with Crippen molar-refractivity contribution in [1.82, 2.24) is 0 Å². The molecule has 26 heavy (non-hydrogen) atoms. The molecule has 4 heteroatoms. The number of hydrogen-bond acceptors (Lipinski definition) is 4.